The number of anilines is 1. The van der Waals surface area contributed by atoms with Gasteiger partial charge >= 0.3 is 0 Å². The van der Waals surface area contributed by atoms with E-state index in [0.29, 0.717) is 5.11 Å². The second-order valence-corrected chi connectivity index (χ2v) is 5.71. The predicted molar refractivity (Wildman–Crippen MR) is 73.2 cm³/mol. The van der Waals surface area contributed by atoms with Crippen LogP contribution in [0.25, 0.3) is 0 Å². The highest BCUT2D eigenvalue weighted by molar-refractivity contribution is 7.80. The highest BCUT2D eigenvalue weighted by Gasteiger charge is 2.19. The Morgan fingerprint density at radius 3 is 3.19 bits per heavy atom. The molecule has 0 aliphatic heterocycles. The molecule has 0 saturated heterocycles. The third-order valence-electron chi connectivity index (χ3n) is 2.74. The number of rotatable bonds is 2. The lowest BCUT2D eigenvalue weighted by molar-refractivity contribution is 0.502. The summed E-state index contributed by atoms with van der Waals surface area (Å²) in [5.41, 5.74) is 1.27. The standard InChI is InChI=1S/C11H17N3S2/c1-3-12-10(15)14-11-13-8-5-4-7(2)6-9(8)16-11/h7H,3-6H2,1-2H3,(H2,12,13,14,15). The number of thiocarbonyl (C=S) groups is 1. The smallest absolute Gasteiger partial charge is 0.189 e. The molecule has 1 heterocycles. The fourth-order valence-electron chi connectivity index (χ4n) is 1.90. The molecule has 0 bridgehead atoms. The molecule has 1 aliphatic rings. The average molecular weight is 255 g/mol. The zero-order valence-electron chi connectivity index (χ0n) is 9.67. The van der Waals surface area contributed by atoms with Crippen molar-refractivity contribution >= 4 is 33.8 Å². The summed E-state index contributed by atoms with van der Waals surface area (Å²) in [4.78, 5) is 6.02. The molecular weight excluding hydrogens is 238 g/mol. The van der Waals surface area contributed by atoms with Gasteiger partial charge in [0.25, 0.3) is 0 Å². The number of hydrogen-bond donors (Lipinski definition) is 2. The van der Waals surface area contributed by atoms with E-state index in [-0.39, 0.29) is 0 Å². The van der Waals surface area contributed by atoms with Gasteiger partial charge in [-0.25, -0.2) is 4.98 Å². The SMILES string of the molecule is CCNC(=S)Nc1nc2c(s1)CC(C)CC2. The van der Waals surface area contributed by atoms with E-state index < -0.39 is 0 Å². The summed E-state index contributed by atoms with van der Waals surface area (Å²) < 4.78 is 0. The summed E-state index contributed by atoms with van der Waals surface area (Å²) in [6.45, 7) is 5.18. The van der Waals surface area contributed by atoms with Crippen molar-refractivity contribution in [3.05, 3.63) is 10.6 Å². The van der Waals surface area contributed by atoms with Gasteiger partial charge in [0.1, 0.15) is 0 Å². The number of nitrogens with one attached hydrogen (secondary N) is 2. The van der Waals surface area contributed by atoms with Crippen LogP contribution < -0.4 is 10.6 Å². The summed E-state index contributed by atoms with van der Waals surface area (Å²) in [5, 5.41) is 7.82. The van der Waals surface area contributed by atoms with Crippen LogP contribution in [0.2, 0.25) is 0 Å². The summed E-state index contributed by atoms with van der Waals surface area (Å²) in [6, 6.07) is 0. The topological polar surface area (TPSA) is 37.0 Å². The van der Waals surface area contributed by atoms with Gasteiger partial charge in [0.05, 0.1) is 5.69 Å². The minimum atomic E-state index is 0.668. The Bertz CT molecular complexity index is 387. The molecule has 0 amide bonds. The molecule has 2 N–H and O–H groups in total. The highest BCUT2D eigenvalue weighted by atomic mass is 32.1. The molecule has 3 nitrogen and oxygen atoms in total. The lowest BCUT2D eigenvalue weighted by Gasteiger charge is -2.15. The molecule has 0 saturated carbocycles. The molecule has 1 aliphatic carbocycles. The third-order valence-corrected chi connectivity index (χ3v) is 4.03. The van der Waals surface area contributed by atoms with E-state index >= 15 is 0 Å². The van der Waals surface area contributed by atoms with E-state index in [1.807, 2.05) is 6.92 Å². The first-order valence-corrected chi connectivity index (χ1v) is 6.95. The van der Waals surface area contributed by atoms with Gasteiger partial charge in [-0.3, -0.25) is 0 Å². The van der Waals surface area contributed by atoms with Crippen molar-refractivity contribution in [2.75, 3.05) is 11.9 Å². The maximum absolute atomic E-state index is 5.14. The molecule has 1 aromatic heterocycles. The van der Waals surface area contributed by atoms with E-state index in [0.717, 1.165) is 24.0 Å². The first-order chi connectivity index (χ1) is 7.69. The zero-order chi connectivity index (χ0) is 11.5. The van der Waals surface area contributed by atoms with Gasteiger partial charge in [0, 0.05) is 11.4 Å². The van der Waals surface area contributed by atoms with E-state index in [2.05, 4.69) is 22.5 Å². The van der Waals surface area contributed by atoms with Gasteiger partial charge in [-0.05, 0) is 44.3 Å². The molecule has 16 heavy (non-hydrogen) atoms. The highest BCUT2D eigenvalue weighted by Crippen LogP contribution is 2.31. The van der Waals surface area contributed by atoms with Crippen molar-refractivity contribution in [1.29, 1.82) is 0 Å². The minimum Gasteiger partial charge on any atom is -0.363 e. The second-order valence-electron chi connectivity index (χ2n) is 4.22. The van der Waals surface area contributed by atoms with Crippen LogP contribution in [0.4, 0.5) is 5.13 Å². The number of fused-ring (bicyclic) bond motifs is 1. The fraction of sp³-hybridized carbons (Fsp3) is 0.636. The van der Waals surface area contributed by atoms with E-state index in [4.69, 9.17) is 12.2 Å². The summed E-state index contributed by atoms with van der Waals surface area (Å²) in [6.07, 6.45) is 3.54. The Labute approximate surface area is 106 Å². The maximum Gasteiger partial charge on any atom is 0.189 e. The van der Waals surface area contributed by atoms with Crippen LogP contribution >= 0.6 is 23.6 Å². The fourth-order valence-corrected chi connectivity index (χ4v) is 3.38. The van der Waals surface area contributed by atoms with Crippen LogP contribution in [0.3, 0.4) is 0 Å². The molecule has 0 spiro atoms. The Morgan fingerprint density at radius 1 is 1.62 bits per heavy atom. The number of aryl methyl sites for hydroxylation is 1. The predicted octanol–water partition coefficient (Wildman–Crippen LogP) is 2.57. The van der Waals surface area contributed by atoms with Crippen LogP contribution in [0.15, 0.2) is 0 Å². The average Bonchev–Trinajstić information content (AvgIpc) is 2.59. The van der Waals surface area contributed by atoms with Crippen molar-refractivity contribution in [3.63, 3.8) is 0 Å². The Kier molecular flexibility index (Phi) is 3.76. The van der Waals surface area contributed by atoms with E-state index in [9.17, 15) is 0 Å². The van der Waals surface area contributed by atoms with Crippen molar-refractivity contribution in [1.82, 2.24) is 10.3 Å². The summed E-state index contributed by atoms with van der Waals surface area (Å²) >= 11 is 6.89. The van der Waals surface area contributed by atoms with E-state index in [1.165, 1.54) is 23.4 Å². The molecule has 2 rings (SSSR count). The molecule has 0 aromatic carbocycles. The first kappa shape index (κ1) is 11.8. The molecule has 0 radical (unpaired) electrons. The zero-order valence-corrected chi connectivity index (χ0v) is 11.3. The van der Waals surface area contributed by atoms with Crippen LogP contribution in [0.1, 0.15) is 30.8 Å². The van der Waals surface area contributed by atoms with Crippen LogP contribution in [0, 0.1) is 5.92 Å². The van der Waals surface area contributed by atoms with Crippen molar-refractivity contribution in [2.45, 2.75) is 33.1 Å². The van der Waals surface area contributed by atoms with Gasteiger partial charge in [-0.2, -0.15) is 0 Å². The van der Waals surface area contributed by atoms with Crippen molar-refractivity contribution < 1.29 is 0 Å². The van der Waals surface area contributed by atoms with Gasteiger partial charge in [-0.1, -0.05) is 6.92 Å². The normalized spacial score (nSPS) is 19.0. The number of aromatic nitrogens is 1. The minimum absolute atomic E-state index is 0.668. The lowest BCUT2D eigenvalue weighted by atomic mass is 9.93. The molecule has 5 heteroatoms. The molecule has 0 fully saturated rings. The first-order valence-electron chi connectivity index (χ1n) is 5.72. The third kappa shape index (κ3) is 2.71. The largest absolute Gasteiger partial charge is 0.363 e. The van der Waals surface area contributed by atoms with Crippen molar-refractivity contribution in [2.24, 2.45) is 5.92 Å². The molecule has 1 atom stereocenters. The molecule has 88 valence electrons. The number of nitrogens with zero attached hydrogens (tertiary/aromatic N) is 1. The lowest BCUT2D eigenvalue weighted by Crippen LogP contribution is -2.27. The summed E-state index contributed by atoms with van der Waals surface area (Å²) in [7, 11) is 0. The Hall–Kier alpha value is -0.680. The van der Waals surface area contributed by atoms with Gasteiger partial charge < -0.3 is 10.6 Å². The maximum atomic E-state index is 5.14. The van der Waals surface area contributed by atoms with Crippen molar-refractivity contribution in [3.8, 4) is 0 Å². The molecule has 1 unspecified atom stereocenters. The van der Waals surface area contributed by atoms with Gasteiger partial charge in [-0.15, -0.1) is 11.3 Å². The van der Waals surface area contributed by atoms with Crippen LogP contribution in [0.5, 0.6) is 0 Å². The molecular formula is C11H17N3S2. The Balaban J connectivity index is 2.04. The van der Waals surface area contributed by atoms with Crippen LogP contribution in [-0.4, -0.2) is 16.6 Å². The van der Waals surface area contributed by atoms with E-state index in [1.54, 1.807) is 11.3 Å². The molecule has 1 aromatic rings. The van der Waals surface area contributed by atoms with Gasteiger partial charge in [0.2, 0.25) is 0 Å². The number of hydrogen-bond acceptors (Lipinski definition) is 3. The van der Waals surface area contributed by atoms with Crippen LogP contribution in [-0.2, 0) is 12.8 Å². The monoisotopic (exact) mass is 255 g/mol. The number of thiazole rings is 1. The summed E-state index contributed by atoms with van der Waals surface area (Å²) in [5.74, 6) is 0.793. The quantitative estimate of drug-likeness (QED) is 0.797. The van der Waals surface area contributed by atoms with Gasteiger partial charge in [0.15, 0.2) is 10.2 Å². The Morgan fingerprint density at radius 2 is 2.44 bits per heavy atom. The second kappa shape index (κ2) is 5.10.